The molecule has 0 spiro atoms. The van der Waals surface area contributed by atoms with Crippen LogP contribution in [-0.2, 0) is 14.1 Å². The molecule has 0 bridgehead atoms. The van der Waals surface area contributed by atoms with E-state index in [4.69, 9.17) is 0 Å². The van der Waals surface area contributed by atoms with Gasteiger partial charge in [0.2, 0.25) is 0 Å². The van der Waals surface area contributed by atoms with E-state index in [1.165, 1.54) is 4.57 Å². The van der Waals surface area contributed by atoms with Gasteiger partial charge in [0.25, 0.3) is 5.56 Å². The van der Waals surface area contributed by atoms with Crippen molar-refractivity contribution in [3.05, 3.63) is 110 Å². The molecule has 7 nitrogen and oxygen atoms in total. The lowest BCUT2D eigenvalue weighted by Crippen LogP contribution is -2.37. The number of rotatable bonds is 3. The second-order valence-electron chi connectivity index (χ2n) is 9.89. The van der Waals surface area contributed by atoms with Crippen LogP contribution >= 0.6 is 0 Å². The third-order valence-electron chi connectivity index (χ3n) is 7.47. The molecule has 0 amide bonds. The smallest absolute Gasteiger partial charge is 0.331 e. The van der Waals surface area contributed by atoms with Crippen LogP contribution in [0.5, 0.6) is 0 Å². The standard InChI is InChI=1S/C30H29N5O2/c1-18-10-6-7-11-21(18)26-24-27(33(4)30(37)34(5)29(24)36)28-25(19-14-16-20(17-15-19)32(2)3)31-22-12-8-9-13-23(22)35(26)28/h6-17,25,31H,1-5H3/t25-/m1/s1. The summed E-state index contributed by atoms with van der Waals surface area (Å²) in [5.41, 5.74) is 7.78. The number of hydrogen-bond acceptors (Lipinski definition) is 4. The van der Waals surface area contributed by atoms with E-state index in [2.05, 4.69) is 64.2 Å². The first-order valence-corrected chi connectivity index (χ1v) is 12.3. The van der Waals surface area contributed by atoms with Crippen LogP contribution in [0, 0.1) is 6.92 Å². The van der Waals surface area contributed by atoms with Crippen LogP contribution in [-0.4, -0.2) is 27.8 Å². The number of aryl methyl sites for hydroxylation is 2. The first-order chi connectivity index (χ1) is 17.8. The molecular formula is C30H29N5O2. The first-order valence-electron chi connectivity index (χ1n) is 12.3. The molecule has 5 aromatic rings. The van der Waals surface area contributed by atoms with Gasteiger partial charge in [-0.15, -0.1) is 0 Å². The Morgan fingerprint density at radius 3 is 2.22 bits per heavy atom. The van der Waals surface area contributed by atoms with Gasteiger partial charge in [-0.25, -0.2) is 4.79 Å². The summed E-state index contributed by atoms with van der Waals surface area (Å²) in [5.74, 6) is 0. The molecule has 7 heteroatoms. The minimum Gasteiger partial charge on any atom is -0.378 e. The van der Waals surface area contributed by atoms with Gasteiger partial charge in [-0.3, -0.25) is 13.9 Å². The van der Waals surface area contributed by atoms with Crippen LogP contribution in [0.2, 0.25) is 0 Å². The SMILES string of the molecule is Cc1ccccc1-c1c2c(=O)n(C)c(=O)n(C)c2c2n1-c1ccccc1N[C@@H]2c1ccc(N(C)C)cc1. The van der Waals surface area contributed by atoms with E-state index in [1.807, 2.05) is 44.4 Å². The summed E-state index contributed by atoms with van der Waals surface area (Å²) in [7, 11) is 7.33. The van der Waals surface area contributed by atoms with Crippen molar-refractivity contribution >= 4 is 22.3 Å². The molecule has 37 heavy (non-hydrogen) atoms. The maximum absolute atomic E-state index is 13.8. The Morgan fingerprint density at radius 2 is 1.51 bits per heavy atom. The summed E-state index contributed by atoms with van der Waals surface area (Å²) < 4.78 is 5.00. The zero-order valence-corrected chi connectivity index (χ0v) is 21.6. The molecule has 2 aromatic heterocycles. The van der Waals surface area contributed by atoms with E-state index in [-0.39, 0.29) is 17.3 Å². The molecular weight excluding hydrogens is 462 g/mol. The van der Waals surface area contributed by atoms with Crippen molar-refractivity contribution in [3.63, 3.8) is 0 Å². The Balaban J connectivity index is 1.82. The van der Waals surface area contributed by atoms with E-state index in [0.29, 0.717) is 10.9 Å². The zero-order valence-electron chi connectivity index (χ0n) is 21.6. The Kier molecular flexibility index (Phi) is 5.12. The zero-order chi connectivity index (χ0) is 26.0. The Bertz CT molecular complexity index is 1810. The second-order valence-corrected chi connectivity index (χ2v) is 9.89. The number of para-hydroxylation sites is 2. The van der Waals surface area contributed by atoms with Gasteiger partial charge < -0.3 is 14.8 Å². The lowest BCUT2D eigenvalue weighted by molar-refractivity contribution is 0.708. The highest BCUT2D eigenvalue weighted by atomic mass is 16.2. The van der Waals surface area contributed by atoms with Gasteiger partial charge in [0.15, 0.2) is 0 Å². The van der Waals surface area contributed by atoms with E-state index in [9.17, 15) is 9.59 Å². The maximum atomic E-state index is 13.8. The van der Waals surface area contributed by atoms with E-state index in [1.54, 1.807) is 18.7 Å². The molecule has 1 aliphatic heterocycles. The molecule has 186 valence electrons. The maximum Gasteiger partial charge on any atom is 0.331 e. The van der Waals surface area contributed by atoms with Gasteiger partial charge in [-0.2, -0.15) is 0 Å². The normalized spacial score (nSPS) is 14.2. The van der Waals surface area contributed by atoms with Crippen molar-refractivity contribution in [2.75, 3.05) is 24.3 Å². The number of benzene rings is 3. The molecule has 6 rings (SSSR count). The third kappa shape index (κ3) is 3.27. The number of fused-ring (bicyclic) bond motifs is 5. The summed E-state index contributed by atoms with van der Waals surface area (Å²) in [6, 6.07) is 24.3. The number of aromatic nitrogens is 3. The van der Waals surface area contributed by atoms with E-state index < -0.39 is 0 Å². The highest BCUT2D eigenvalue weighted by Crippen LogP contribution is 2.45. The summed E-state index contributed by atoms with van der Waals surface area (Å²) in [4.78, 5) is 29.1. The van der Waals surface area contributed by atoms with E-state index >= 15 is 0 Å². The van der Waals surface area contributed by atoms with Crippen molar-refractivity contribution in [1.82, 2.24) is 13.7 Å². The Morgan fingerprint density at radius 1 is 0.838 bits per heavy atom. The predicted molar refractivity (Wildman–Crippen MR) is 150 cm³/mol. The molecule has 0 aliphatic carbocycles. The highest BCUT2D eigenvalue weighted by molar-refractivity contribution is 5.99. The highest BCUT2D eigenvalue weighted by Gasteiger charge is 2.35. The summed E-state index contributed by atoms with van der Waals surface area (Å²) in [5, 5.41) is 4.26. The van der Waals surface area contributed by atoms with Gasteiger partial charge in [0, 0.05) is 39.4 Å². The minimum absolute atomic E-state index is 0.274. The van der Waals surface area contributed by atoms with Crippen LogP contribution in [0.4, 0.5) is 11.4 Å². The minimum atomic E-state index is -0.345. The largest absolute Gasteiger partial charge is 0.378 e. The van der Waals surface area contributed by atoms with E-state index in [0.717, 1.165) is 45.1 Å². The quantitative estimate of drug-likeness (QED) is 0.401. The topological polar surface area (TPSA) is 64.2 Å². The lowest BCUT2D eigenvalue weighted by Gasteiger charge is -2.31. The summed E-state index contributed by atoms with van der Waals surface area (Å²) in [6.07, 6.45) is 0. The second kappa shape index (κ2) is 8.27. The van der Waals surface area contributed by atoms with Crippen molar-refractivity contribution in [2.24, 2.45) is 14.1 Å². The van der Waals surface area contributed by atoms with Crippen LogP contribution in [0.25, 0.3) is 27.8 Å². The number of anilines is 2. The van der Waals surface area contributed by atoms with Crippen molar-refractivity contribution < 1.29 is 0 Å². The van der Waals surface area contributed by atoms with Gasteiger partial charge in [0.1, 0.15) is 0 Å². The van der Waals surface area contributed by atoms with Crippen molar-refractivity contribution in [2.45, 2.75) is 13.0 Å². The van der Waals surface area contributed by atoms with Gasteiger partial charge >= 0.3 is 5.69 Å². The number of nitrogens with zero attached hydrogens (tertiary/aromatic N) is 4. The molecule has 3 heterocycles. The van der Waals surface area contributed by atoms with Gasteiger partial charge in [0.05, 0.1) is 39.7 Å². The fourth-order valence-electron chi connectivity index (χ4n) is 5.53. The molecule has 1 aliphatic rings. The Hall–Kier alpha value is -4.52. The average molecular weight is 492 g/mol. The van der Waals surface area contributed by atoms with Crippen LogP contribution < -0.4 is 21.5 Å². The average Bonchev–Trinajstić information content (AvgIpc) is 3.27. The molecule has 0 radical (unpaired) electrons. The third-order valence-corrected chi connectivity index (χ3v) is 7.47. The monoisotopic (exact) mass is 491 g/mol. The Labute approximate surface area is 214 Å². The van der Waals surface area contributed by atoms with Crippen LogP contribution in [0.1, 0.15) is 22.9 Å². The van der Waals surface area contributed by atoms with Gasteiger partial charge in [-0.05, 0) is 42.3 Å². The molecule has 0 unspecified atom stereocenters. The number of nitrogens with one attached hydrogen (secondary N) is 1. The molecule has 0 saturated heterocycles. The van der Waals surface area contributed by atoms with Crippen molar-refractivity contribution in [1.29, 1.82) is 0 Å². The number of hydrogen-bond donors (Lipinski definition) is 1. The van der Waals surface area contributed by atoms with Crippen molar-refractivity contribution in [3.8, 4) is 16.9 Å². The molecule has 1 N–H and O–H groups in total. The fraction of sp³-hybridized carbons (Fsp3) is 0.200. The fourth-order valence-corrected chi connectivity index (χ4v) is 5.53. The van der Waals surface area contributed by atoms with Gasteiger partial charge in [-0.1, -0.05) is 48.5 Å². The first kappa shape index (κ1) is 22.9. The summed E-state index contributed by atoms with van der Waals surface area (Å²) >= 11 is 0. The molecule has 0 saturated carbocycles. The molecule has 3 aromatic carbocycles. The summed E-state index contributed by atoms with van der Waals surface area (Å²) in [6.45, 7) is 2.05. The molecule has 1 atom stereocenters. The predicted octanol–water partition coefficient (Wildman–Crippen LogP) is 4.58. The lowest BCUT2D eigenvalue weighted by atomic mass is 9.99. The van der Waals surface area contributed by atoms with Crippen LogP contribution in [0.15, 0.2) is 82.4 Å². The van der Waals surface area contributed by atoms with Crippen LogP contribution in [0.3, 0.4) is 0 Å². The molecule has 0 fully saturated rings.